The van der Waals surface area contributed by atoms with E-state index in [4.69, 9.17) is 0 Å². The molecule has 0 aliphatic carbocycles. The van der Waals surface area contributed by atoms with Crippen LogP contribution in [-0.2, 0) is 26.4 Å². The second-order valence-electron chi connectivity index (χ2n) is 6.00. The summed E-state index contributed by atoms with van der Waals surface area (Å²) in [6.45, 7) is 11.5. The fourth-order valence-corrected chi connectivity index (χ4v) is 2.32. The lowest BCUT2D eigenvalue weighted by Gasteiger charge is -2.18. The third-order valence-electron chi connectivity index (χ3n) is 3.00. The largest absolute Gasteiger partial charge is 0.461 e. The van der Waals surface area contributed by atoms with Crippen molar-refractivity contribution in [2.45, 2.75) is 59.1 Å². The molecule has 4 nitrogen and oxygen atoms in total. The number of carbonyl (C=O) groups is 1. The van der Waals surface area contributed by atoms with E-state index in [0.717, 1.165) is 6.07 Å². The van der Waals surface area contributed by atoms with E-state index in [1.807, 2.05) is 13.8 Å². The van der Waals surface area contributed by atoms with Crippen molar-refractivity contribution in [1.29, 1.82) is 0 Å². The van der Waals surface area contributed by atoms with Crippen molar-refractivity contribution in [1.82, 2.24) is 0 Å². The van der Waals surface area contributed by atoms with Crippen LogP contribution in [0.2, 0.25) is 0 Å². The number of benzene rings is 1. The van der Waals surface area contributed by atoms with E-state index in [0.29, 0.717) is 0 Å². The van der Waals surface area contributed by atoms with E-state index < -0.39 is 39.0 Å². The second-order valence-corrected chi connectivity index (χ2v) is 7.91. The molecule has 0 saturated heterocycles. The molecule has 1 rings (SSSR count). The van der Waals surface area contributed by atoms with E-state index in [1.54, 1.807) is 20.8 Å². The van der Waals surface area contributed by atoms with Crippen LogP contribution in [0, 0.1) is 5.82 Å². The van der Waals surface area contributed by atoms with Crippen molar-refractivity contribution in [3.8, 4) is 0 Å². The van der Waals surface area contributed by atoms with Crippen LogP contribution in [0.25, 0.3) is 0 Å². The van der Waals surface area contributed by atoms with E-state index >= 15 is 0 Å². The fourth-order valence-electron chi connectivity index (χ4n) is 1.70. The minimum Gasteiger partial charge on any atom is -0.461 e. The third kappa shape index (κ3) is 5.93. The minimum atomic E-state index is -4.13. The van der Waals surface area contributed by atoms with Gasteiger partial charge in [0.25, 0.3) is 0 Å². The molecule has 0 radical (unpaired) electrons. The highest BCUT2D eigenvalue weighted by Gasteiger charge is 2.45. The topological polar surface area (TPSA) is 55.7 Å². The van der Waals surface area contributed by atoms with Gasteiger partial charge in [-0.2, -0.15) is 13.2 Å². The maximum atomic E-state index is 14.5. The zero-order valence-electron chi connectivity index (χ0n) is 16.2. The van der Waals surface area contributed by atoms with Crippen LogP contribution in [0.15, 0.2) is 22.6 Å². The van der Waals surface area contributed by atoms with Crippen molar-refractivity contribution < 1.29 is 26.9 Å². The van der Waals surface area contributed by atoms with Gasteiger partial charge in [0, 0.05) is 5.56 Å². The van der Waals surface area contributed by atoms with Gasteiger partial charge in [-0.3, -0.25) is 0 Å². The maximum Gasteiger partial charge on any atom is 0.382 e. The van der Waals surface area contributed by atoms with Gasteiger partial charge in [0.05, 0.1) is 22.6 Å². The number of esters is 1. The smallest absolute Gasteiger partial charge is 0.382 e. The molecule has 0 saturated carbocycles. The molecule has 0 heterocycles. The summed E-state index contributed by atoms with van der Waals surface area (Å²) in [5.74, 6) is -7.24. The van der Waals surface area contributed by atoms with Gasteiger partial charge in [0.2, 0.25) is 0 Å². The first-order valence-electron chi connectivity index (χ1n) is 8.24. The van der Waals surface area contributed by atoms with Crippen molar-refractivity contribution in [3.05, 3.63) is 35.1 Å². The fraction of sp³-hybridized carbons (Fsp3) is 0.556. The number of alkyl halides is 2. The predicted octanol–water partition coefficient (Wildman–Crippen LogP) is 4.78. The van der Waals surface area contributed by atoms with Gasteiger partial charge in [-0.15, -0.1) is 0 Å². The molecule has 0 aliphatic heterocycles. The summed E-state index contributed by atoms with van der Waals surface area (Å²) in [6, 6.07) is 3.22. The Morgan fingerprint density at radius 3 is 2.23 bits per heavy atom. The number of rotatable bonds is 5. The molecule has 0 unspecified atom stereocenters. The Balaban J connectivity index is 0.00000301. The Kier molecular flexibility index (Phi) is 9.20. The normalized spacial score (nSPS) is 13.5. The summed E-state index contributed by atoms with van der Waals surface area (Å²) < 4.78 is 62.2. The van der Waals surface area contributed by atoms with Crippen molar-refractivity contribution in [3.63, 3.8) is 0 Å². The highest BCUT2D eigenvalue weighted by atomic mass is 32.2. The lowest BCUT2D eigenvalue weighted by atomic mass is 10.0. The second kappa shape index (κ2) is 9.85. The molecular formula is C18H26F3NO3S. The molecule has 1 atom stereocenters. The summed E-state index contributed by atoms with van der Waals surface area (Å²) in [5, 5.41) is 0. The first-order valence-corrected chi connectivity index (χ1v) is 9.35. The molecule has 148 valence electrons. The minimum absolute atomic E-state index is 0.00210. The molecular weight excluding hydrogens is 367 g/mol. The molecule has 8 heteroatoms. The number of ether oxygens (including phenoxy) is 1. The monoisotopic (exact) mass is 393 g/mol. The average molecular weight is 393 g/mol. The molecule has 0 amide bonds. The number of hydrogen-bond donors (Lipinski definition) is 0. The predicted molar refractivity (Wildman–Crippen MR) is 98.4 cm³/mol. The summed E-state index contributed by atoms with van der Waals surface area (Å²) >= 11 is 0. The lowest BCUT2D eigenvalue weighted by Crippen LogP contribution is -2.30. The van der Waals surface area contributed by atoms with Crippen LogP contribution < -0.4 is 0 Å². The zero-order valence-corrected chi connectivity index (χ0v) is 17.0. The van der Waals surface area contributed by atoms with Gasteiger partial charge >= 0.3 is 11.9 Å². The highest BCUT2D eigenvalue weighted by Crippen LogP contribution is 2.33. The molecule has 0 N–H and O–H groups in total. The Morgan fingerprint density at radius 2 is 1.77 bits per heavy atom. The van der Waals surface area contributed by atoms with Gasteiger partial charge in [0.1, 0.15) is 16.8 Å². The maximum absolute atomic E-state index is 14.5. The summed E-state index contributed by atoms with van der Waals surface area (Å²) in [5.41, 5.74) is -1.34. The first-order chi connectivity index (χ1) is 11.9. The molecule has 0 bridgehead atoms. The van der Waals surface area contributed by atoms with E-state index in [2.05, 4.69) is 9.13 Å². The number of carbonyl (C=O) groups excluding carboxylic acids is 1. The van der Waals surface area contributed by atoms with Gasteiger partial charge in [0.15, 0.2) is 0 Å². The molecule has 0 aromatic heterocycles. The Morgan fingerprint density at radius 1 is 1.23 bits per heavy atom. The van der Waals surface area contributed by atoms with Crippen molar-refractivity contribution in [2.24, 2.45) is 4.40 Å². The van der Waals surface area contributed by atoms with Crippen molar-refractivity contribution in [2.75, 3.05) is 6.61 Å². The summed E-state index contributed by atoms with van der Waals surface area (Å²) in [4.78, 5) is 11.4. The Labute approximate surface area is 155 Å². The van der Waals surface area contributed by atoms with E-state index in [1.165, 1.54) is 26.0 Å². The van der Waals surface area contributed by atoms with Crippen LogP contribution in [0.5, 0.6) is 0 Å². The molecule has 0 aliphatic rings. The van der Waals surface area contributed by atoms with Crippen LogP contribution in [-0.4, -0.2) is 27.2 Å². The van der Waals surface area contributed by atoms with Gasteiger partial charge in [-0.25, -0.2) is 13.4 Å². The quantitative estimate of drug-likeness (QED) is 0.534. The number of halogens is 3. The summed E-state index contributed by atoms with van der Waals surface area (Å²) in [7, 11) is -1.67. The lowest BCUT2D eigenvalue weighted by molar-refractivity contribution is -0.173. The number of hydrogen-bond acceptors (Lipinski definition) is 3. The molecule has 1 aromatic rings. The van der Waals surface area contributed by atoms with Crippen molar-refractivity contribution >= 4 is 22.7 Å². The zero-order chi connectivity index (χ0) is 20.7. The average Bonchev–Trinajstić information content (AvgIpc) is 2.55. The number of nitrogens with zero attached hydrogens (tertiary/aromatic N) is 1. The van der Waals surface area contributed by atoms with Crippen LogP contribution in [0.3, 0.4) is 0 Å². The SMILES string of the molecule is CC.CCOC(=O)C(F)(F)c1cccc(/C(C)=N/[S@](=O)C(C)(C)C)c1F. The molecule has 1 aromatic carbocycles. The van der Waals surface area contributed by atoms with E-state index in [9.17, 15) is 22.2 Å². The molecule has 26 heavy (non-hydrogen) atoms. The highest BCUT2D eigenvalue weighted by molar-refractivity contribution is 7.85. The van der Waals surface area contributed by atoms with Gasteiger partial charge in [-0.1, -0.05) is 26.0 Å². The van der Waals surface area contributed by atoms with Crippen LogP contribution >= 0.6 is 0 Å². The van der Waals surface area contributed by atoms with Gasteiger partial charge in [-0.05, 0) is 40.7 Å². The van der Waals surface area contributed by atoms with E-state index in [-0.39, 0.29) is 17.9 Å². The molecule has 0 fully saturated rings. The Bertz CT molecular complexity index is 683. The summed E-state index contributed by atoms with van der Waals surface area (Å²) in [6.07, 6.45) is 0. The first kappa shape index (κ1) is 24.3. The molecule has 0 spiro atoms. The van der Waals surface area contributed by atoms with Crippen LogP contribution in [0.4, 0.5) is 13.2 Å². The standard InChI is InChI=1S/C16H20F3NO3S.C2H6/c1-6-23-14(21)16(18,19)12-9-7-8-11(13(12)17)10(2)20-24(22)15(3,4)5;1-2/h7-9H,6H2,1-5H3;1-2H3/b20-10+;/t24-;/m1./s1. The van der Waals surface area contributed by atoms with Crippen LogP contribution in [0.1, 0.15) is 59.6 Å². The third-order valence-corrected chi connectivity index (χ3v) is 4.49. The Hall–Kier alpha value is -1.70. The van der Waals surface area contributed by atoms with Gasteiger partial charge < -0.3 is 4.74 Å².